The van der Waals surface area contributed by atoms with Crippen LogP contribution in [0.15, 0.2) is 0 Å². The Morgan fingerprint density at radius 2 is 1.90 bits per heavy atom. The van der Waals surface area contributed by atoms with Crippen molar-refractivity contribution < 1.29 is 0 Å². The molecule has 0 aromatic rings. The average molecular weight is 143 g/mol. The first kappa shape index (κ1) is 9.96. The molecule has 0 saturated heterocycles. The molecule has 1 nitrogen and oxygen atoms in total. The van der Waals surface area contributed by atoms with Gasteiger partial charge in [-0.25, -0.2) is 0 Å². The number of hydrogen-bond acceptors (Lipinski definition) is 1. The molecule has 2 atom stereocenters. The molecule has 0 aliphatic rings. The van der Waals surface area contributed by atoms with Gasteiger partial charge in [0.1, 0.15) is 0 Å². The van der Waals surface area contributed by atoms with Crippen LogP contribution in [0.3, 0.4) is 0 Å². The van der Waals surface area contributed by atoms with E-state index in [1.54, 1.807) is 0 Å². The molecule has 0 aromatic carbocycles. The molecule has 0 amide bonds. The maximum absolute atomic E-state index is 3.27. The van der Waals surface area contributed by atoms with E-state index in [4.69, 9.17) is 0 Å². The first-order valence-corrected chi connectivity index (χ1v) is 4.39. The van der Waals surface area contributed by atoms with Gasteiger partial charge in [0.15, 0.2) is 0 Å². The predicted octanol–water partition coefficient (Wildman–Crippen LogP) is 2.42. The van der Waals surface area contributed by atoms with Gasteiger partial charge in [-0.3, -0.25) is 0 Å². The van der Waals surface area contributed by atoms with E-state index in [9.17, 15) is 0 Å². The summed E-state index contributed by atoms with van der Waals surface area (Å²) in [5.41, 5.74) is 0. The molecule has 1 heteroatoms. The van der Waals surface area contributed by atoms with E-state index < -0.39 is 0 Å². The molecule has 2 unspecified atom stereocenters. The molecule has 0 fully saturated rings. The third kappa shape index (κ3) is 3.89. The minimum Gasteiger partial charge on any atom is -0.317 e. The molecular formula is C9H21N. The molecule has 0 aliphatic carbocycles. The van der Waals surface area contributed by atoms with Crippen molar-refractivity contribution in [2.45, 2.75) is 46.1 Å². The second-order valence-electron chi connectivity index (χ2n) is 3.20. The summed E-state index contributed by atoms with van der Waals surface area (Å²) in [5.74, 6) is 0.824. The van der Waals surface area contributed by atoms with Crippen LogP contribution in [0.4, 0.5) is 0 Å². The molecule has 0 aliphatic heterocycles. The Morgan fingerprint density at radius 3 is 2.30 bits per heavy atom. The quantitative estimate of drug-likeness (QED) is 0.623. The Morgan fingerprint density at radius 1 is 1.30 bits per heavy atom. The van der Waals surface area contributed by atoms with Gasteiger partial charge in [0.05, 0.1) is 0 Å². The fraction of sp³-hybridized carbons (Fsp3) is 1.00. The SMILES string of the molecule is CCCCC(C)C(C)NC. The highest BCUT2D eigenvalue weighted by Gasteiger charge is 2.07. The number of hydrogen-bond donors (Lipinski definition) is 1. The molecule has 0 spiro atoms. The Kier molecular flexibility index (Phi) is 5.70. The lowest BCUT2D eigenvalue weighted by atomic mass is 9.97. The molecule has 0 aromatic heterocycles. The first-order chi connectivity index (χ1) is 4.72. The van der Waals surface area contributed by atoms with E-state index in [-0.39, 0.29) is 0 Å². The minimum absolute atomic E-state index is 0.673. The topological polar surface area (TPSA) is 12.0 Å². The highest BCUT2D eigenvalue weighted by Crippen LogP contribution is 2.10. The highest BCUT2D eigenvalue weighted by molar-refractivity contribution is 4.65. The summed E-state index contributed by atoms with van der Waals surface area (Å²) in [5, 5.41) is 3.27. The largest absolute Gasteiger partial charge is 0.317 e. The fourth-order valence-corrected chi connectivity index (χ4v) is 1.06. The van der Waals surface area contributed by atoms with Crippen LogP contribution in [0.2, 0.25) is 0 Å². The average Bonchev–Trinajstić information content (AvgIpc) is 1.98. The molecular weight excluding hydrogens is 122 g/mol. The molecule has 0 rings (SSSR count). The van der Waals surface area contributed by atoms with Gasteiger partial charge in [0.2, 0.25) is 0 Å². The van der Waals surface area contributed by atoms with E-state index in [1.807, 2.05) is 7.05 Å². The van der Waals surface area contributed by atoms with Crippen LogP contribution in [-0.4, -0.2) is 13.1 Å². The molecule has 0 heterocycles. The van der Waals surface area contributed by atoms with Gasteiger partial charge in [-0.2, -0.15) is 0 Å². The predicted molar refractivity (Wildman–Crippen MR) is 47.2 cm³/mol. The number of unbranched alkanes of at least 4 members (excludes halogenated alkanes) is 1. The molecule has 0 bridgehead atoms. The zero-order valence-corrected chi connectivity index (χ0v) is 7.78. The molecule has 1 N–H and O–H groups in total. The van der Waals surface area contributed by atoms with E-state index in [1.165, 1.54) is 19.3 Å². The van der Waals surface area contributed by atoms with E-state index in [0.717, 1.165) is 5.92 Å². The number of nitrogens with one attached hydrogen (secondary N) is 1. The van der Waals surface area contributed by atoms with Crippen molar-refractivity contribution in [3.8, 4) is 0 Å². The van der Waals surface area contributed by atoms with Gasteiger partial charge in [0.25, 0.3) is 0 Å². The summed E-state index contributed by atoms with van der Waals surface area (Å²) in [4.78, 5) is 0. The van der Waals surface area contributed by atoms with Crippen LogP contribution in [0.1, 0.15) is 40.0 Å². The maximum atomic E-state index is 3.27. The zero-order valence-electron chi connectivity index (χ0n) is 7.78. The van der Waals surface area contributed by atoms with Crippen molar-refractivity contribution in [1.82, 2.24) is 5.32 Å². The lowest BCUT2D eigenvalue weighted by Gasteiger charge is -2.18. The van der Waals surface area contributed by atoms with Crippen molar-refractivity contribution in [2.24, 2.45) is 5.92 Å². The van der Waals surface area contributed by atoms with Gasteiger partial charge in [-0.15, -0.1) is 0 Å². The molecule has 62 valence electrons. The van der Waals surface area contributed by atoms with Crippen molar-refractivity contribution >= 4 is 0 Å². The summed E-state index contributed by atoms with van der Waals surface area (Å²) in [6, 6.07) is 0.673. The maximum Gasteiger partial charge on any atom is 0.00613 e. The summed E-state index contributed by atoms with van der Waals surface area (Å²) < 4.78 is 0. The van der Waals surface area contributed by atoms with Crippen LogP contribution >= 0.6 is 0 Å². The lowest BCUT2D eigenvalue weighted by molar-refractivity contribution is 0.390. The van der Waals surface area contributed by atoms with Gasteiger partial charge >= 0.3 is 0 Å². The van der Waals surface area contributed by atoms with Crippen molar-refractivity contribution in [2.75, 3.05) is 7.05 Å². The number of rotatable bonds is 5. The van der Waals surface area contributed by atoms with Gasteiger partial charge in [0, 0.05) is 6.04 Å². The minimum atomic E-state index is 0.673. The summed E-state index contributed by atoms with van der Waals surface area (Å²) in [6.07, 6.45) is 4.05. The Balaban J connectivity index is 3.31. The van der Waals surface area contributed by atoms with Crippen LogP contribution in [0.5, 0.6) is 0 Å². The third-order valence-electron chi connectivity index (χ3n) is 2.32. The van der Waals surface area contributed by atoms with Gasteiger partial charge < -0.3 is 5.32 Å². The smallest absolute Gasteiger partial charge is 0.00613 e. The monoisotopic (exact) mass is 143 g/mol. The second kappa shape index (κ2) is 5.72. The first-order valence-electron chi connectivity index (χ1n) is 4.39. The van der Waals surface area contributed by atoms with E-state index >= 15 is 0 Å². The Bertz CT molecular complexity index is 71.1. The van der Waals surface area contributed by atoms with Crippen molar-refractivity contribution in [3.05, 3.63) is 0 Å². The van der Waals surface area contributed by atoms with Crippen LogP contribution in [0, 0.1) is 5.92 Å². The van der Waals surface area contributed by atoms with Gasteiger partial charge in [-0.1, -0.05) is 26.7 Å². The molecule has 0 saturated carbocycles. The normalized spacial score (nSPS) is 16.8. The van der Waals surface area contributed by atoms with E-state index in [2.05, 4.69) is 26.1 Å². The summed E-state index contributed by atoms with van der Waals surface area (Å²) >= 11 is 0. The Hall–Kier alpha value is -0.0400. The van der Waals surface area contributed by atoms with Crippen LogP contribution in [-0.2, 0) is 0 Å². The van der Waals surface area contributed by atoms with Gasteiger partial charge in [-0.05, 0) is 26.3 Å². The van der Waals surface area contributed by atoms with Crippen LogP contribution < -0.4 is 5.32 Å². The highest BCUT2D eigenvalue weighted by atomic mass is 14.9. The van der Waals surface area contributed by atoms with E-state index in [0.29, 0.717) is 6.04 Å². The molecule has 0 radical (unpaired) electrons. The summed E-state index contributed by atoms with van der Waals surface area (Å²) in [7, 11) is 2.03. The van der Waals surface area contributed by atoms with Crippen molar-refractivity contribution in [1.29, 1.82) is 0 Å². The van der Waals surface area contributed by atoms with Crippen molar-refractivity contribution in [3.63, 3.8) is 0 Å². The zero-order chi connectivity index (χ0) is 7.98. The summed E-state index contributed by atoms with van der Waals surface area (Å²) in [6.45, 7) is 6.81. The fourth-order valence-electron chi connectivity index (χ4n) is 1.06. The second-order valence-corrected chi connectivity index (χ2v) is 3.20. The molecule has 10 heavy (non-hydrogen) atoms. The van der Waals surface area contributed by atoms with Crippen LogP contribution in [0.25, 0.3) is 0 Å². The Labute approximate surface area is 65.2 Å². The third-order valence-corrected chi connectivity index (χ3v) is 2.32. The standard InChI is InChI=1S/C9H21N/c1-5-6-7-8(2)9(3)10-4/h8-10H,5-7H2,1-4H3. The lowest BCUT2D eigenvalue weighted by Crippen LogP contribution is -2.28.